The van der Waals surface area contributed by atoms with Crippen LogP contribution in [0.5, 0.6) is 0 Å². The zero-order chi connectivity index (χ0) is 25.5. The van der Waals surface area contributed by atoms with E-state index in [-0.39, 0.29) is 30.0 Å². The van der Waals surface area contributed by atoms with E-state index in [1.54, 1.807) is 18.2 Å². The summed E-state index contributed by atoms with van der Waals surface area (Å²) >= 11 is 1.35. The fourth-order valence-electron chi connectivity index (χ4n) is 4.58. The van der Waals surface area contributed by atoms with Gasteiger partial charge in [0, 0.05) is 42.2 Å². The van der Waals surface area contributed by atoms with Crippen molar-refractivity contribution in [2.45, 2.75) is 58.9 Å². The number of amides is 2. The Balaban J connectivity index is 1.57. The van der Waals surface area contributed by atoms with E-state index in [0.29, 0.717) is 35.9 Å². The van der Waals surface area contributed by atoms with Crippen LogP contribution in [0.3, 0.4) is 0 Å². The number of benzene rings is 2. The molecule has 0 fully saturated rings. The molecule has 1 aromatic heterocycles. The lowest BCUT2D eigenvalue weighted by Crippen LogP contribution is -2.38. The molecule has 2 heterocycles. The summed E-state index contributed by atoms with van der Waals surface area (Å²) in [7, 11) is 0. The van der Waals surface area contributed by atoms with Gasteiger partial charge < -0.3 is 9.80 Å². The highest BCUT2D eigenvalue weighted by atomic mass is 32.1. The maximum absolute atomic E-state index is 14.2. The molecule has 2 aromatic carbocycles. The molecular formula is C29H34FN3O2S. The molecule has 7 heteroatoms. The molecule has 0 bridgehead atoms. The number of thiazole rings is 1. The molecule has 4 rings (SSSR count). The number of carbonyl (C=O) groups excluding carboxylic acids is 2. The van der Waals surface area contributed by atoms with Crippen LogP contribution < -0.4 is 4.90 Å². The zero-order valence-corrected chi connectivity index (χ0v) is 21.9. The molecule has 1 aliphatic heterocycles. The van der Waals surface area contributed by atoms with Crippen molar-refractivity contribution >= 4 is 28.8 Å². The second-order valence-electron chi connectivity index (χ2n) is 9.66. The Bertz CT molecular complexity index is 1190. The van der Waals surface area contributed by atoms with Crippen LogP contribution in [0.1, 0.15) is 57.2 Å². The van der Waals surface area contributed by atoms with Gasteiger partial charge in [-0.2, -0.15) is 0 Å². The van der Waals surface area contributed by atoms with Gasteiger partial charge in [-0.15, -0.1) is 11.3 Å². The number of carbonyl (C=O) groups is 2. The molecule has 0 saturated carbocycles. The van der Waals surface area contributed by atoms with Gasteiger partial charge in [-0.05, 0) is 36.6 Å². The Morgan fingerprint density at radius 1 is 0.972 bits per heavy atom. The first-order chi connectivity index (χ1) is 17.4. The summed E-state index contributed by atoms with van der Waals surface area (Å²) in [6, 6.07) is 14.5. The topological polar surface area (TPSA) is 53.5 Å². The molecule has 0 N–H and O–H groups in total. The predicted molar refractivity (Wildman–Crippen MR) is 143 cm³/mol. The average molecular weight is 508 g/mol. The van der Waals surface area contributed by atoms with Gasteiger partial charge in [-0.25, -0.2) is 9.37 Å². The molecular weight excluding hydrogens is 473 g/mol. The molecule has 2 amide bonds. The third-order valence-corrected chi connectivity index (χ3v) is 7.48. The first-order valence-electron chi connectivity index (χ1n) is 12.8. The third kappa shape index (κ3) is 6.38. The van der Waals surface area contributed by atoms with Crippen molar-refractivity contribution in [3.8, 4) is 10.6 Å². The van der Waals surface area contributed by atoms with Crippen molar-refractivity contribution in [1.29, 1.82) is 0 Å². The minimum atomic E-state index is -0.315. The highest BCUT2D eigenvalue weighted by Crippen LogP contribution is 2.28. The van der Waals surface area contributed by atoms with Gasteiger partial charge in [0.15, 0.2) is 0 Å². The van der Waals surface area contributed by atoms with E-state index in [4.69, 9.17) is 0 Å². The lowest BCUT2D eigenvalue weighted by atomic mass is 10.0. The largest absolute Gasteiger partial charge is 0.338 e. The van der Waals surface area contributed by atoms with Gasteiger partial charge in [-0.1, -0.05) is 63.4 Å². The molecule has 0 radical (unpaired) electrons. The van der Waals surface area contributed by atoms with Gasteiger partial charge in [0.1, 0.15) is 10.8 Å². The van der Waals surface area contributed by atoms with Crippen molar-refractivity contribution in [3.05, 3.63) is 71.0 Å². The van der Waals surface area contributed by atoms with Crippen LogP contribution in [-0.4, -0.2) is 34.8 Å². The van der Waals surface area contributed by atoms with Crippen molar-refractivity contribution in [2.75, 3.05) is 18.0 Å². The maximum atomic E-state index is 14.2. The van der Waals surface area contributed by atoms with Gasteiger partial charge in [-0.3, -0.25) is 9.59 Å². The molecule has 190 valence electrons. The standard InChI is InChI=1S/C29H34FN3O2S/c1-21(2)29(35)33-17-11-5-3-4-10-16-32(19-22-12-6-9-15-26(22)33)27(34)18-23-20-36-28(31-23)24-13-7-8-14-25(24)30/h6-9,12-15,20-21H,3-5,10-11,16-19H2,1-2H3. The van der Waals surface area contributed by atoms with Crippen LogP contribution >= 0.6 is 11.3 Å². The fourth-order valence-corrected chi connectivity index (χ4v) is 5.43. The van der Waals surface area contributed by atoms with E-state index >= 15 is 0 Å². The number of rotatable bonds is 4. The lowest BCUT2D eigenvalue weighted by molar-refractivity contribution is -0.131. The highest BCUT2D eigenvalue weighted by Gasteiger charge is 2.24. The number of anilines is 1. The quantitative estimate of drug-likeness (QED) is 0.406. The van der Waals surface area contributed by atoms with Crippen LogP contribution in [0.15, 0.2) is 53.9 Å². The van der Waals surface area contributed by atoms with Crippen molar-refractivity contribution in [1.82, 2.24) is 9.88 Å². The first-order valence-corrected chi connectivity index (χ1v) is 13.7. The molecule has 0 spiro atoms. The van der Waals surface area contributed by atoms with E-state index in [9.17, 15) is 14.0 Å². The Hall–Kier alpha value is -3.06. The summed E-state index contributed by atoms with van der Waals surface area (Å²) in [5.41, 5.74) is 2.98. The van der Waals surface area contributed by atoms with Gasteiger partial charge in [0.05, 0.1) is 12.1 Å². The number of halogens is 1. The van der Waals surface area contributed by atoms with E-state index in [1.807, 2.05) is 53.3 Å². The minimum Gasteiger partial charge on any atom is -0.338 e. The molecule has 0 saturated heterocycles. The average Bonchev–Trinajstić information content (AvgIpc) is 3.32. The van der Waals surface area contributed by atoms with Gasteiger partial charge >= 0.3 is 0 Å². The van der Waals surface area contributed by atoms with E-state index in [0.717, 1.165) is 43.4 Å². The van der Waals surface area contributed by atoms with E-state index in [1.165, 1.54) is 17.4 Å². The molecule has 0 aliphatic carbocycles. The summed E-state index contributed by atoms with van der Waals surface area (Å²) in [6.45, 7) is 5.66. The number of hydrogen-bond acceptors (Lipinski definition) is 4. The summed E-state index contributed by atoms with van der Waals surface area (Å²) in [4.78, 5) is 34.9. The molecule has 3 aromatic rings. The number of hydrogen-bond donors (Lipinski definition) is 0. The van der Waals surface area contributed by atoms with Gasteiger partial charge in [0.25, 0.3) is 0 Å². The number of aromatic nitrogens is 1. The predicted octanol–water partition coefficient (Wildman–Crippen LogP) is 6.47. The monoisotopic (exact) mass is 507 g/mol. The third-order valence-electron chi connectivity index (χ3n) is 6.55. The van der Waals surface area contributed by atoms with Crippen LogP contribution in [0.4, 0.5) is 10.1 Å². The fraction of sp³-hybridized carbons (Fsp3) is 0.414. The SMILES string of the molecule is CC(C)C(=O)N1CCCCCCCN(C(=O)Cc2csc(-c3ccccc3F)n2)Cc2ccccc21. The maximum Gasteiger partial charge on any atom is 0.229 e. The van der Waals surface area contributed by atoms with Crippen molar-refractivity contribution in [3.63, 3.8) is 0 Å². The Morgan fingerprint density at radius 2 is 1.67 bits per heavy atom. The lowest BCUT2D eigenvalue weighted by Gasteiger charge is -2.30. The normalized spacial score (nSPS) is 15.2. The molecule has 1 aliphatic rings. The summed E-state index contributed by atoms with van der Waals surface area (Å²) in [6.07, 6.45) is 5.30. The van der Waals surface area contributed by atoms with Crippen LogP contribution in [-0.2, 0) is 22.6 Å². The number of fused-ring (bicyclic) bond motifs is 1. The highest BCUT2D eigenvalue weighted by molar-refractivity contribution is 7.13. The van der Waals surface area contributed by atoms with E-state index < -0.39 is 0 Å². The summed E-state index contributed by atoms with van der Waals surface area (Å²) in [5, 5.41) is 2.42. The van der Waals surface area contributed by atoms with Crippen molar-refractivity contribution in [2.24, 2.45) is 5.92 Å². The first kappa shape index (κ1) is 26.0. The Morgan fingerprint density at radius 3 is 2.44 bits per heavy atom. The van der Waals surface area contributed by atoms with Crippen LogP contribution in [0, 0.1) is 11.7 Å². The minimum absolute atomic E-state index is 0.00557. The Kier molecular flexibility index (Phi) is 8.86. The molecule has 36 heavy (non-hydrogen) atoms. The molecule has 0 atom stereocenters. The number of para-hydroxylation sites is 1. The Labute approximate surface area is 217 Å². The molecule has 5 nitrogen and oxygen atoms in total. The number of nitrogens with zero attached hydrogens (tertiary/aromatic N) is 3. The van der Waals surface area contributed by atoms with Crippen LogP contribution in [0.25, 0.3) is 10.6 Å². The second-order valence-corrected chi connectivity index (χ2v) is 10.5. The van der Waals surface area contributed by atoms with E-state index in [2.05, 4.69) is 4.98 Å². The van der Waals surface area contributed by atoms with Gasteiger partial charge in [0.2, 0.25) is 11.8 Å². The smallest absolute Gasteiger partial charge is 0.229 e. The zero-order valence-electron chi connectivity index (χ0n) is 21.1. The molecule has 0 unspecified atom stereocenters. The second kappa shape index (κ2) is 12.3. The summed E-state index contributed by atoms with van der Waals surface area (Å²) < 4.78 is 14.2. The van der Waals surface area contributed by atoms with Crippen molar-refractivity contribution < 1.29 is 14.0 Å². The van der Waals surface area contributed by atoms with Crippen LogP contribution in [0.2, 0.25) is 0 Å². The summed E-state index contributed by atoms with van der Waals surface area (Å²) in [5.74, 6) is -0.309.